The third kappa shape index (κ3) is 4.44. The molecule has 0 fully saturated rings. The van der Waals surface area contributed by atoms with E-state index in [-0.39, 0.29) is 0 Å². The van der Waals surface area contributed by atoms with Crippen LogP contribution in [0.5, 0.6) is 0 Å². The largest absolute Gasteiger partial charge is 0.356 e. The standard InChI is InChI=1S/C14H21N3/c1-11(2)9-17(10-12(3)4)14-7-13(8-15)5-6-16-14/h5-7,11-12H,9-10H2,1-4H3. The smallest absolute Gasteiger partial charge is 0.129 e. The van der Waals surface area contributed by atoms with Crippen LogP contribution in [-0.4, -0.2) is 18.1 Å². The third-order valence-electron chi connectivity index (χ3n) is 2.37. The van der Waals surface area contributed by atoms with Crippen molar-refractivity contribution in [3.8, 4) is 6.07 Å². The summed E-state index contributed by atoms with van der Waals surface area (Å²) in [6, 6.07) is 5.77. The van der Waals surface area contributed by atoms with Crippen LogP contribution in [0.25, 0.3) is 0 Å². The lowest BCUT2D eigenvalue weighted by Crippen LogP contribution is -2.32. The molecular formula is C14H21N3. The highest BCUT2D eigenvalue weighted by Gasteiger charge is 2.12. The van der Waals surface area contributed by atoms with Crippen molar-refractivity contribution in [3.63, 3.8) is 0 Å². The van der Waals surface area contributed by atoms with E-state index in [1.54, 1.807) is 12.3 Å². The van der Waals surface area contributed by atoms with Gasteiger partial charge in [-0.3, -0.25) is 0 Å². The first kappa shape index (κ1) is 13.5. The molecule has 0 aliphatic carbocycles. The summed E-state index contributed by atoms with van der Waals surface area (Å²) in [7, 11) is 0. The zero-order chi connectivity index (χ0) is 12.8. The Hall–Kier alpha value is -1.56. The number of hydrogen-bond acceptors (Lipinski definition) is 3. The minimum Gasteiger partial charge on any atom is -0.356 e. The van der Waals surface area contributed by atoms with Crippen molar-refractivity contribution in [2.45, 2.75) is 27.7 Å². The van der Waals surface area contributed by atoms with Crippen LogP contribution in [0.15, 0.2) is 18.3 Å². The molecule has 0 spiro atoms. The molecule has 0 aliphatic rings. The van der Waals surface area contributed by atoms with E-state index in [9.17, 15) is 0 Å². The minimum atomic E-state index is 0.585. The molecule has 1 aromatic rings. The molecule has 1 heterocycles. The van der Waals surface area contributed by atoms with Gasteiger partial charge in [-0.05, 0) is 24.0 Å². The topological polar surface area (TPSA) is 39.9 Å². The van der Waals surface area contributed by atoms with E-state index in [2.05, 4.69) is 43.6 Å². The van der Waals surface area contributed by atoms with Gasteiger partial charge in [-0.2, -0.15) is 5.26 Å². The van der Waals surface area contributed by atoms with Crippen LogP contribution in [-0.2, 0) is 0 Å². The maximum Gasteiger partial charge on any atom is 0.129 e. The lowest BCUT2D eigenvalue weighted by Gasteiger charge is -2.27. The Kier molecular flexibility index (Phi) is 4.96. The lowest BCUT2D eigenvalue weighted by atomic mass is 10.1. The van der Waals surface area contributed by atoms with Gasteiger partial charge in [0.15, 0.2) is 0 Å². The highest BCUT2D eigenvalue weighted by Crippen LogP contribution is 2.15. The second-order valence-electron chi connectivity index (χ2n) is 5.21. The molecule has 1 aromatic heterocycles. The van der Waals surface area contributed by atoms with Crippen LogP contribution in [0.3, 0.4) is 0 Å². The number of hydrogen-bond donors (Lipinski definition) is 0. The normalized spacial score (nSPS) is 10.6. The van der Waals surface area contributed by atoms with Crippen molar-refractivity contribution in [1.82, 2.24) is 4.98 Å². The van der Waals surface area contributed by atoms with E-state index in [0.29, 0.717) is 17.4 Å². The predicted molar refractivity (Wildman–Crippen MR) is 70.8 cm³/mol. The Morgan fingerprint density at radius 2 is 1.82 bits per heavy atom. The zero-order valence-corrected chi connectivity index (χ0v) is 11.1. The molecule has 3 heteroatoms. The first-order valence-corrected chi connectivity index (χ1v) is 6.14. The van der Waals surface area contributed by atoms with Gasteiger partial charge in [0.25, 0.3) is 0 Å². The van der Waals surface area contributed by atoms with Crippen LogP contribution in [0, 0.1) is 23.2 Å². The molecule has 1 rings (SSSR count). The van der Waals surface area contributed by atoms with Crippen LogP contribution in [0.2, 0.25) is 0 Å². The number of rotatable bonds is 5. The van der Waals surface area contributed by atoms with E-state index >= 15 is 0 Å². The first-order chi connectivity index (χ1) is 8.02. The van der Waals surface area contributed by atoms with Crippen molar-refractivity contribution in [2.75, 3.05) is 18.0 Å². The maximum absolute atomic E-state index is 8.91. The molecular weight excluding hydrogens is 210 g/mol. The van der Waals surface area contributed by atoms with Crippen molar-refractivity contribution in [2.24, 2.45) is 11.8 Å². The van der Waals surface area contributed by atoms with Crippen molar-refractivity contribution in [1.29, 1.82) is 5.26 Å². The summed E-state index contributed by atoms with van der Waals surface area (Å²) in [4.78, 5) is 6.63. The van der Waals surface area contributed by atoms with Crippen LogP contribution in [0.1, 0.15) is 33.3 Å². The number of nitrogens with zero attached hydrogens (tertiary/aromatic N) is 3. The number of anilines is 1. The first-order valence-electron chi connectivity index (χ1n) is 6.14. The van der Waals surface area contributed by atoms with Gasteiger partial charge in [0.2, 0.25) is 0 Å². The molecule has 92 valence electrons. The molecule has 0 aromatic carbocycles. The highest BCUT2D eigenvalue weighted by molar-refractivity contribution is 5.44. The highest BCUT2D eigenvalue weighted by atomic mass is 15.2. The Balaban J connectivity index is 2.91. The van der Waals surface area contributed by atoms with E-state index < -0.39 is 0 Å². The molecule has 0 unspecified atom stereocenters. The number of pyridine rings is 1. The van der Waals surface area contributed by atoms with Crippen molar-refractivity contribution in [3.05, 3.63) is 23.9 Å². The van der Waals surface area contributed by atoms with Crippen LogP contribution >= 0.6 is 0 Å². The second kappa shape index (κ2) is 6.24. The molecule has 0 bridgehead atoms. The van der Waals surface area contributed by atoms with Crippen molar-refractivity contribution >= 4 is 5.82 Å². The second-order valence-corrected chi connectivity index (χ2v) is 5.21. The Bertz CT molecular complexity index is 381. The Morgan fingerprint density at radius 1 is 1.24 bits per heavy atom. The van der Waals surface area contributed by atoms with Gasteiger partial charge in [0.05, 0.1) is 11.6 Å². The van der Waals surface area contributed by atoms with Gasteiger partial charge in [-0.25, -0.2) is 4.98 Å². The van der Waals surface area contributed by atoms with Gasteiger partial charge in [0.1, 0.15) is 5.82 Å². The third-order valence-corrected chi connectivity index (χ3v) is 2.37. The van der Waals surface area contributed by atoms with E-state index in [4.69, 9.17) is 5.26 Å². The molecule has 0 amide bonds. The summed E-state index contributed by atoms with van der Waals surface area (Å²) in [5.74, 6) is 2.08. The van der Waals surface area contributed by atoms with Crippen molar-refractivity contribution < 1.29 is 0 Å². The summed E-state index contributed by atoms with van der Waals surface area (Å²) in [5.41, 5.74) is 0.674. The molecule has 0 N–H and O–H groups in total. The lowest BCUT2D eigenvalue weighted by molar-refractivity contribution is 0.549. The SMILES string of the molecule is CC(C)CN(CC(C)C)c1cc(C#N)ccn1. The maximum atomic E-state index is 8.91. The quantitative estimate of drug-likeness (QED) is 0.782. The average molecular weight is 231 g/mol. The van der Waals surface area contributed by atoms with Crippen LogP contribution < -0.4 is 4.90 Å². The average Bonchev–Trinajstić information content (AvgIpc) is 2.27. The predicted octanol–water partition coefficient (Wildman–Crippen LogP) is 3.07. The number of aromatic nitrogens is 1. The van der Waals surface area contributed by atoms with E-state index in [0.717, 1.165) is 18.9 Å². The fourth-order valence-corrected chi connectivity index (χ4v) is 1.80. The summed E-state index contributed by atoms with van der Waals surface area (Å²) in [6.45, 7) is 10.7. The molecule has 0 radical (unpaired) electrons. The summed E-state index contributed by atoms with van der Waals surface area (Å²) < 4.78 is 0. The Labute approximate surface area is 104 Å². The monoisotopic (exact) mass is 231 g/mol. The molecule has 3 nitrogen and oxygen atoms in total. The van der Waals surface area contributed by atoms with E-state index in [1.165, 1.54) is 0 Å². The Morgan fingerprint density at radius 3 is 2.29 bits per heavy atom. The van der Waals surface area contributed by atoms with Gasteiger partial charge in [0, 0.05) is 19.3 Å². The molecule has 0 aliphatic heterocycles. The fraction of sp³-hybridized carbons (Fsp3) is 0.571. The minimum absolute atomic E-state index is 0.585. The number of nitriles is 1. The van der Waals surface area contributed by atoms with E-state index in [1.807, 2.05) is 6.07 Å². The van der Waals surface area contributed by atoms with Crippen LogP contribution in [0.4, 0.5) is 5.82 Å². The molecule has 17 heavy (non-hydrogen) atoms. The zero-order valence-electron chi connectivity index (χ0n) is 11.1. The molecule has 0 atom stereocenters. The summed E-state index contributed by atoms with van der Waals surface area (Å²) >= 11 is 0. The summed E-state index contributed by atoms with van der Waals surface area (Å²) in [5, 5.41) is 8.91. The fourth-order valence-electron chi connectivity index (χ4n) is 1.80. The molecule has 0 saturated carbocycles. The van der Waals surface area contributed by atoms with Gasteiger partial charge in [-0.1, -0.05) is 27.7 Å². The van der Waals surface area contributed by atoms with Gasteiger partial charge in [-0.15, -0.1) is 0 Å². The summed E-state index contributed by atoms with van der Waals surface area (Å²) in [6.07, 6.45) is 1.71. The molecule has 0 saturated heterocycles. The van der Waals surface area contributed by atoms with Gasteiger partial charge >= 0.3 is 0 Å². The van der Waals surface area contributed by atoms with Gasteiger partial charge < -0.3 is 4.90 Å².